The van der Waals surface area contributed by atoms with E-state index in [1.54, 1.807) is 0 Å². The lowest BCUT2D eigenvalue weighted by Gasteiger charge is -2.24. The van der Waals surface area contributed by atoms with E-state index < -0.39 is 0 Å². The van der Waals surface area contributed by atoms with Crippen molar-refractivity contribution >= 4 is 5.84 Å². The average Bonchev–Trinajstić information content (AvgIpc) is 2.17. The van der Waals surface area contributed by atoms with Gasteiger partial charge in [-0.15, -0.1) is 0 Å². The van der Waals surface area contributed by atoms with E-state index in [1.165, 1.54) is 0 Å². The van der Waals surface area contributed by atoms with Crippen LogP contribution in [0.2, 0.25) is 0 Å². The van der Waals surface area contributed by atoms with Gasteiger partial charge in [-0.3, -0.25) is 0 Å². The molecule has 0 fully saturated rings. The number of nitrogens with two attached hydrogens (primary N) is 1. The predicted octanol–water partition coefficient (Wildman–Crippen LogP) is 0.0887. The molecule has 0 spiro atoms. The Morgan fingerprint density at radius 1 is 1.50 bits per heavy atom. The number of hydrazine groups is 1. The minimum Gasteiger partial charge on any atom is -0.329 e. The van der Waals surface area contributed by atoms with Gasteiger partial charge in [-0.2, -0.15) is 0 Å². The van der Waals surface area contributed by atoms with Crippen LogP contribution in [0, 0.1) is 0 Å². The van der Waals surface area contributed by atoms with E-state index in [4.69, 9.17) is 5.84 Å². The van der Waals surface area contributed by atoms with Gasteiger partial charge < -0.3 is 10.3 Å². The third-order valence-corrected chi connectivity index (χ3v) is 1.78. The van der Waals surface area contributed by atoms with Crippen LogP contribution in [0.3, 0.4) is 0 Å². The van der Waals surface area contributed by atoms with E-state index >= 15 is 0 Å². The number of amidine groups is 1. The summed E-state index contributed by atoms with van der Waals surface area (Å²) in [6, 6.07) is 0. The van der Waals surface area contributed by atoms with Crippen molar-refractivity contribution < 1.29 is 0 Å². The number of rotatable bonds is 1. The van der Waals surface area contributed by atoms with Crippen LogP contribution in [0.1, 0.15) is 0 Å². The third-order valence-electron chi connectivity index (χ3n) is 1.78. The molecule has 4 nitrogen and oxygen atoms in total. The smallest absolute Gasteiger partial charge is 0.140 e. The minimum atomic E-state index is 0.723. The summed E-state index contributed by atoms with van der Waals surface area (Å²) in [6.45, 7) is 0.819. The zero-order chi connectivity index (χ0) is 8.39. The molecule has 0 amide bonds. The van der Waals surface area contributed by atoms with Crippen LogP contribution >= 0.6 is 0 Å². The number of aliphatic imine (C=N–C) groups is 1. The van der Waals surface area contributed by atoms with E-state index in [-0.39, 0.29) is 0 Å². The first-order valence-electron chi connectivity index (χ1n) is 3.77. The fourth-order valence-corrected chi connectivity index (χ4v) is 1.17. The first-order valence-corrected chi connectivity index (χ1v) is 3.77. The maximum atomic E-state index is 5.24. The van der Waals surface area contributed by atoms with Crippen LogP contribution in [0.15, 0.2) is 41.3 Å². The summed E-state index contributed by atoms with van der Waals surface area (Å²) >= 11 is 0. The molecule has 0 unspecified atom stereocenters. The Morgan fingerprint density at radius 2 is 2.42 bits per heavy atom. The second kappa shape index (κ2) is 2.83. The molecule has 4 heteroatoms. The van der Waals surface area contributed by atoms with Gasteiger partial charge in [-0.25, -0.2) is 10.8 Å². The van der Waals surface area contributed by atoms with Gasteiger partial charge in [0.25, 0.3) is 0 Å². The molecule has 12 heavy (non-hydrogen) atoms. The molecule has 0 aromatic heterocycles. The zero-order valence-corrected chi connectivity index (χ0v) is 6.57. The summed E-state index contributed by atoms with van der Waals surface area (Å²) in [5.74, 6) is 6.89. The second-order valence-electron chi connectivity index (χ2n) is 2.56. The summed E-state index contributed by atoms with van der Waals surface area (Å²) in [5, 5.41) is 0. The van der Waals surface area contributed by atoms with Crippen molar-refractivity contribution in [2.24, 2.45) is 10.8 Å². The van der Waals surface area contributed by atoms with Crippen LogP contribution in [-0.4, -0.2) is 17.3 Å². The fraction of sp³-hybridized carbons (Fsp3) is 0.125. The van der Waals surface area contributed by atoms with Gasteiger partial charge >= 0.3 is 0 Å². The zero-order valence-electron chi connectivity index (χ0n) is 6.57. The fourth-order valence-electron chi connectivity index (χ4n) is 1.17. The topological polar surface area (TPSA) is 53.6 Å². The molecule has 2 aliphatic heterocycles. The largest absolute Gasteiger partial charge is 0.329 e. The summed E-state index contributed by atoms with van der Waals surface area (Å²) < 4.78 is 0. The molecule has 0 aromatic rings. The van der Waals surface area contributed by atoms with Gasteiger partial charge in [-0.1, -0.05) is 6.08 Å². The van der Waals surface area contributed by atoms with Gasteiger partial charge in [-0.05, 0) is 18.2 Å². The Bertz CT molecular complexity index is 298. The number of allylic oxidation sites excluding steroid dienone is 2. The number of hydrogen-bond donors (Lipinski definition) is 2. The highest BCUT2D eigenvalue weighted by Gasteiger charge is 2.11. The number of hydrogen-bond acceptors (Lipinski definition) is 4. The third kappa shape index (κ3) is 1.12. The van der Waals surface area contributed by atoms with E-state index in [0.717, 1.165) is 18.2 Å². The first kappa shape index (κ1) is 7.12. The standard InChI is InChI=1S/C8H10N4/c9-11-7-4-6-12-5-2-1-3-8(12)10-7/h1-5,11H,6,9H2. The SMILES string of the molecule is NNC1=CCN2C=CC=CC2=N1. The molecule has 62 valence electrons. The molecule has 0 bridgehead atoms. The molecule has 3 N–H and O–H groups in total. The lowest BCUT2D eigenvalue weighted by molar-refractivity contribution is 0.599. The van der Waals surface area contributed by atoms with Crippen LogP contribution in [0.5, 0.6) is 0 Å². The van der Waals surface area contributed by atoms with E-state index in [0.29, 0.717) is 0 Å². The van der Waals surface area contributed by atoms with Gasteiger partial charge in [0.2, 0.25) is 0 Å². The van der Waals surface area contributed by atoms with Gasteiger partial charge in [0.15, 0.2) is 0 Å². The number of nitrogens with zero attached hydrogens (tertiary/aromatic N) is 2. The van der Waals surface area contributed by atoms with Crippen molar-refractivity contribution in [1.82, 2.24) is 10.3 Å². The Morgan fingerprint density at radius 3 is 3.25 bits per heavy atom. The van der Waals surface area contributed by atoms with Crippen LogP contribution in [-0.2, 0) is 0 Å². The molecular formula is C8H10N4. The number of nitrogens with one attached hydrogen (secondary N) is 1. The van der Waals surface area contributed by atoms with Crippen LogP contribution < -0.4 is 11.3 Å². The maximum Gasteiger partial charge on any atom is 0.140 e. The summed E-state index contributed by atoms with van der Waals surface area (Å²) in [7, 11) is 0. The van der Waals surface area contributed by atoms with Gasteiger partial charge in [0, 0.05) is 12.7 Å². The molecule has 2 heterocycles. The number of fused-ring (bicyclic) bond motifs is 1. The van der Waals surface area contributed by atoms with Crippen LogP contribution in [0.4, 0.5) is 0 Å². The maximum absolute atomic E-state index is 5.24. The molecule has 0 aliphatic carbocycles. The highest BCUT2D eigenvalue weighted by Crippen LogP contribution is 2.09. The van der Waals surface area contributed by atoms with Crippen molar-refractivity contribution in [3.8, 4) is 0 Å². The van der Waals surface area contributed by atoms with Crippen molar-refractivity contribution in [1.29, 1.82) is 0 Å². The van der Waals surface area contributed by atoms with E-state index in [1.807, 2.05) is 35.4 Å². The average molecular weight is 162 g/mol. The van der Waals surface area contributed by atoms with Crippen LogP contribution in [0.25, 0.3) is 0 Å². The highest BCUT2D eigenvalue weighted by atomic mass is 15.3. The normalized spacial score (nSPS) is 19.9. The molecule has 0 radical (unpaired) electrons. The van der Waals surface area contributed by atoms with Gasteiger partial charge in [0.05, 0.1) is 0 Å². The van der Waals surface area contributed by atoms with Crippen molar-refractivity contribution in [2.45, 2.75) is 0 Å². The van der Waals surface area contributed by atoms with Crippen molar-refractivity contribution in [3.05, 3.63) is 36.3 Å². The second-order valence-corrected chi connectivity index (χ2v) is 2.56. The lowest BCUT2D eigenvalue weighted by atomic mass is 10.3. The lowest BCUT2D eigenvalue weighted by Crippen LogP contribution is -2.32. The Kier molecular flexibility index (Phi) is 1.68. The Balaban J connectivity index is 2.26. The van der Waals surface area contributed by atoms with E-state index in [9.17, 15) is 0 Å². The van der Waals surface area contributed by atoms with Gasteiger partial charge in [0.1, 0.15) is 11.7 Å². The van der Waals surface area contributed by atoms with Crippen molar-refractivity contribution in [2.75, 3.05) is 6.54 Å². The monoisotopic (exact) mass is 162 g/mol. The molecule has 0 aromatic carbocycles. The Labute approximate surface area is 70.7 Å². The van der Waals surface area contributed by atoms with E-state index in [2.05, 4.69) is 10.4 Å². The predicted molar refractivity (Wildman–Crippen MR) is 47.8 cm³/mol. The Hall–Kier alpha value is -1.55. The molecule has 0 saturated heterocycles. The first-order chi connectivity index (χ1) is 5.90. The minimum absolute atomic E-state index is 0.723. The summed E-state index contributed by atoms with van der Waals surface area (Å²) in [4.78, 5) is 6.29. The molecule has 2 aliphatic rings. The highest BCUT2D eigenvalue weighted by molar-refractivity contribution is 5.96. The summed E-state index contributed by atoms with van der Waals surface area (Å²) in [5.41, 5.74) is 2.53. The summed E-state index contributed by atoms with van der Waals surface area (Å²) in [6.07, 6.45) is 9.81. The molecule has 0 atom stereocenters. The quantitative estimate of drug-likeness (QED) is 0.424. The molecular weight excluding hydrogens is 152 g/mol. The molecule has 0 saturated carbocycles. The van der Waals surface area contributed by atoms with Crippen molar-refractivity contribution in [3.63, 3.8) is 0 Å². The molecule has 2 rings (SSSR count).